The van der Waals surface area contributed by atoms with E-state index in [1.807, 2.05) is 37.3 Å². The largest absolute Gasteiger partial charge is 0.350 e. The smallest absolute Gasteiger partial charge is 0.291 e. The molecule has 0 bridgehead atoms. The lowest BCUT2D eigenvalue weighted by Crippen LogP contribution is -2.28. The second kappa shape index (κ2) is 8.52. The molecule has 0 radical (unpaired) electrons. The highest BCUT2D eigenvalue weighted by Gasteiger charge is 2.21. The van der Waals surface area contributed by atoms with Gasteiger partial charge in [-0.15, -0.1) is 0 Å². The number of nitrogens with one attached hydrogen (secondary N) is 2. The first kappa shape index (κ1) is 20.0. The Morgan fingerprint density at radius 3 is 2.14 bits per heavy atom. The molecule has 3 aromatic rings. The van der Waals surface area contributed by atoms with E-state index in [1.54, 1.807) is 24.3 Å². The van der Waals surface area contributed by atoms with Gasteiger partial charge in [0.2, 0.25) is 5.91 Å². The maximum absolute atomic E-state index is 13.0. The number of hydrogen-bond acceptors (Lipinski definition) is 5. The Morgan fingerprint density at radius 1 is 0.966 bits per heavy atom. The quantitative estimate of drug-likeness (QED) is 0.624. The molecule has 0 aliphatic rings. The molecule has 3 rings (SSSR count). The van der Waals surface area contributed by atoms with E-state index in [1.165, 1.54) is 18.5 Å². The molecule has 2 N–H and O–H groups in total. The van der Waals surface area contributed by atoms with Crippen molar-refractivity contribution in [3.8, 4) is 11.3 Å². The van der Waals surface area contributed by atoms with E-state index in [9.17, 15) is 14.4 Å². The second-order valence-corrected chi connectivity index (χ2v) is 6.53. The minimum Gasteiger partial charge on any atom is -0.350 e. The third-order valence-corrected chi connectivity index (χ3v) is 4.33. The molecule has 7 heteroatoms. The third kappa shape index (κ3) is 4.40. The number of benzene rings is 2. The Kier molecular flexibility index (Phi) is 5.87. The van der Waals surface area contributed by atoms with E-state index >= 15 is 0 Å². The molecule has 1 amide bonds. The van der Waals surface area contributed by atoms with Crippen molar-refractivity contribution in [3.05, 3.63) is 70.5 Å². The average Bonchev–Trinajstić information content (AvgIpc) is 2.70. The van der Waals surface area contributed by atoms with Crippen LogP contribution in [0, 0.1) is 0 Å². The van der Waals surface area contributed by atoms with Crippen LogP contribution in [0.3, 0.4) is 0 Å². The number of Topliss-reactive ketones (excluding diaryl/α,β-unsaturated/α-hetero) is 1. The molecule has 1 heterocycles. The van der Waals surface area contributed by atoms with Gasteiger partial charge in [-0.1, -0.05) is 30.3 Å². The molecule has 148 valence electrons. The molecule has 0 spiro atoms. The van der Waals surface area contributed by atoms with Crippen molar-refractivity contribution in [2.45, 2.75) is 27.3 Å². The van der Waals surface area contributed by atoms with Crippen LogP contribution in [0.5, 0.6) is 0 Å². The Hall–Kier alpha value is -3.74. The van der Waals surface area contributed by atoms with Gasteiger partial charge < -0.3 is 10.6 Å². The molecule has 0 atom stereocenters. The fourth-order valence-electron chi connectivity index (χ4n) is 3.03. The molecular weight excluding hydrogens is 368 g/mol. The summed E-state index contributed by atoms with van der Waals surface area (Å²) in [6.45, 7) is 5.04. The number of nitrogens with zero attached hydrogens (tertiary/aromatic N) is 2. The minimum atomic E-state index is -0.372. The number of ketones is 1. The predicted molar refractivity (Wildman–Crippen MR) is 114 cm³/mol. The minimum absolute atomic E-state index is 0.169. The van der Waals surface area contributed by atoms with E-state index in [-0.39, 0.29) is 28.5 Å². The third-order valence-electron chi connectivity index (χ3n) is 4.33. The zero-order valence-electron chi connectivity index (χ0n) is 16.5. The Morgan fingerprint density at radius 2 is 1.59 bits per heavy atom. The van der Waals surface area contributed by atoms with Gasteiger partial charge in [0.05, 0.1) is 5.56 Å². The first-order valence-corrected chi connectivity index (χ1v) is 9.26. The first-order valence-electron chi connectivity index (χ1n) is 9.26. The number of aryl methyl sites for hydroxylation is 1. The van der Waals surface area contributed by atoms with Crippen molar-refractivity contribution in [1.82, 2.24) is 9.78 Å². The van der Waals surface area contributed by atoms with Crippen LogP contribution in [0.4, 0.5) is 17.1 Å². The molecular formula is C22H22N4O3. The second-order valence-electron chi connectivity index (χ2n) is 6.53. The van der Waals surface area contributed by atoms with Gasteiger partial charge in [0.15, 0.2) is 5.78 Å². The number of hydrogen-bond donors (Lipinski definition) is 2. The molecule has 7 nitrogen and oxygen atoms in total. The van der Waals surface area contributed by atoms with Crippen LogP contribution in [0.15, 0.2) is 59.4 Å². The monoisotopic (exact) mass is 390 g/mol. The van der Waals surface area contributed by atoms with Crippen molar-refractivity contribution in [2.75, 3.05) is 10.6 Å². The highest BCUT2D eigenvalue weighted by Crippen LogP contribution is 2.28. The van der Waals surface area contributed by atoms with E-state index in [0.717, 1.165) is 5.56 Å². The van der Waals surface area contributed by atoms with Crippen molar-refractivity contribution in [2.24, 2.45) is 0 Å². The Balaban J connectivity index is 2.13. The van der Waals surface area contributed by atoms with E-state index in [4.69, 9.17) is 0 Å². The fraction of sp³-hybridized carbons (Fsp3) is 0.182. The van der Waals surface area contributed by atoms with Gasteiger partial charge in [-0.05, 0) is 38.1 Å². The molecule has 1 aromatic heterocycles. The molecule has 0 unspecified atom stereocenters. The first-order chi connectivity index (χ1) is 13.9. The summed E-state index contributed by atoms with van der Waals surface area (Å²) in [5.41, 5.74) is 2.52. The number of carbonyl (C=O) groups is 2. The average molecular weight is 390 g/mol. The van der Waals surface area contributed by atoms with Crippen LogP contribution in [0.1, 0.15) is 31.1 Å². The van der Waals surface area contributed by atoms with Crippen LogP contribution < -0.4 is 16.2 Å². The van der Waals surface area contributed by atoms with Crippen LogP contribution >= 0.6 is 0 Å². The summed E-state index contributed by atoms with van der Waals surface area (Å²) in [4.78, 5) is 36.6. The maximum atomic E-state index is 13.0. The van der Waals surface area contributed by atoms with Gasteiger partial charge in [0, 0.05) is 30.4 Å². The lowest BCUT2D eigenvalue weighted by Gasteiger charge is -2.16. The number of anilines is 3. The maximum Gasteiger partial charge on any atom is 0.291 e. The predicted octanol–water partition coefficient (Wildman–Crippen LogP) is 3.83. The molecule has 0 aliphatic heterocycles. The van der Waals surface area contributed by atoms with Crippen molar-refractivity contribution < 1.29 is 9.59 Å². The normalized spacial score (nSPS) is 10.4. The Bertz CT molecular complexity index is 1100. The van der Waals surface area contributed by atoms with Crippen LogP contribution in [0.25, 0.3) is 11.3 Å². The van der Waals surface area contributed by atoms with Crippen LogP contribution in [-0.2, 0) is 11.3 Å². The summed E-state index contributed by atoms with van der Waals surface area (Å²) < 4.78 is 1.34. The summed E-state index contributed by atoms with van der Waals surface area (Å²) in [6.07, 6.45) is 0. The van der Waals surface area contributed by atoms with Gasteiger partial charge in [-0.3, -0.25) is 14.4 Å². The molecule has 0 fully saturated rings. The zero-order chi connectivity index (χ0) is 21.0. The lowest BCUT2D eigenvalue weighted by molar-refractivity contribution is -0.114. The van der Waals surface area contributed by atoms with Crippen LogP contribution in [-0.4, -0.2) is 21.5 Å². The number of carbonyl (C=O) groups excluding carboxylic acids is 2. The molecule has 2 aromatic carbocycles. The van der Waals surface area contributed by atoms with Crippen LogP contribution in [0.2, 0.25) is 0 Å². The summed E-state index contributed by atoms with van der Waals surface area (Å²) in [5.74, 6) is -0.425. The SMILES string of the molecule is CCn1nc(-c2ccccc2)c(C(C)=O)c(Nc2ccc(NC(C)=O)cc2)c1=O. The summed E-state index contributed by atoms with van der Waals surface area (Å²) in [6, 6.07) is 16.2. The van der Waals surface area contributed by atoms with Crippen molar-refractivity contribution in [3.63, 3.8) is 0 Å². The Labute approximate surface area is 168 Å². The van der Waals surface area contributed by atoms with Gasteiger partial charge in [-0.25, -0.2) is 4.68 Å². The standard InChI is InChI=1S/C22H22N4O3/c1-4-26-22(29)21(24-18-12-10-17(11-13-18)23-15(3)28)19(14(2)27)20(25-26)16-8-6-5-7-9-16/h5-13,24H,4H2,1-3H3,(H,23,28). The lowest BCUT2D eigenvalue weighted by atomic mass is 10.0. The summed E-state index contributed by atoms with van der Waals surface area (Å²) in [7, 11) is 0. The van der Waals surface area contributed by atoms with Gasteiger partial charge in [0.1, 0.15) is 11.4 Å². The van der Waals surface area contributed by atoms with E-state index < -0.39 is 0 Å². The molecule has 0 saturated heterocycles. The topological polar surface area (TPSA) is 93.1 Å². The number of rotatable bonds is 6. The van der Waals surface area contributed by atoms with Crippen molar-refractivity contribution in [1.29, 1.82) is 0 Å². The summed E-state index contributed by atoms with van der Waals surface area (Å²) in [5, 5.41) is 10.2. The highest BCUT2D eigenvalue weighted by atomic mass is 16.1. The van der Waals surface area contributed by atoms with E-state index in [2.05, 4.69) is 15.7 Å². The molecule has 0 saturated carbocycles. The highest BCUT2D eigenvalue weighted by molar-refractivity contribution is 6.05. The van der Waals surface area contributed by atoms with Gasteiger partial charge in [-0.2, -0.15) is 5.10 Å². The fourth-order valence-corrected chi connectivity index (χ4v) is 3.03. The van der Waals surface area contributed by atoms with E-state index in [0.29, 0.717) is 23.6 Å². The number of amides is 1. The molecule has 0 aliphatic carbocycles. The van der Waals surface area contributed by atoms with Gasteiger partial charge >= 0.3 is 0 Å². The van der Waals surface area contributed by atoms with Crippen molar-refractivity contribution >= 4 is 28.8 Å². The summed E-state index contributed by atoms with van der Waals surface area (Å²) >= 11 is 0. The van der Waals surface area contributed by atoms with Gasteiger partial charge in [0.25, 0.3) is 5.56 Å². The molecule has 29 heavy (non-hydrogen) atoms. The number of aromatic nitrogens is 2. The zero-order valence-corrected chi connectivity index (χ0v) is 16.5.